The highest BCUT2D eigenvalue weighted by atomic mass is 16.1. The van der Waals surface area contributed by atoms with E-state index in [2.05, 4.69) is 42.1 Å². The summed E-state index contributed by atoms with van der Waals surface area (Å²) in [6.07, 6.45) is 6.55. The van der Waals surface area contributed by atoms with Crippen LogP contribution in [0.1, 0.15) is 48.9 Å². The van der Waals surface area contributed by atoms with E-state index in [1.165, 1.54) is 17.7 Å². The van der Waals surface area contributed by atoms with Crippen molar-refractivity contribution in [2.45, 2.75) is 40.0 Å². The number of rotatable bonds is 2. The van der Waals surface area contributed by atoms with Crippen LogP contribution in [0.3, 0.4) is 0 Å². The summed E-state index contributed by atoms with van der Waals surface area (Å²) in [5, 5.41) is 2.88. The van der Waals surface area contributed by atoms with Crippen molar-refractivity contribution in [2.24, 2.45) is 11.3 Å². The molecule has 3 aromatic heterocycles. The van der Waals surface area contributed by atoms with E-state index in [1.807, 2.05) is 6.07 Å². The fourth-order valence-corrected chi connectivity index (χ4v) is 3.70. The molecule has 0 saturated carbocycles. The van der Waals surface area contributed by atoms with Gasteiger partial charge >= 0.3 is 0 Å². The number of pyridine rings is 2. The van der Waals surface area contributed by atoms with Gasteiger partial charge in [-0.3, -0.25) is 14.8 Å². The van der Waals surface area contributed by atoms with E-state index >= 15 is 0 Å². The van der Waals surface area contributed by atoms with Gasteiger partial charge in [-0.05, 0) is 60.4 Å². The Morgan fingerprint density at radius 2 is 2.00 bits per heavy atom. The average Bonchev–Trinajstić information content (AvgIpc) is 3.02. The van der Waals surface area contributed by atoms with Crippen LogP contribution < -0.4 is 5.32 Å². The van der Waals surface area contributed by atoms with Crippen LogP contribution in [0.25, 0.3) is 11.0 Å². The number of fused-ring (bicyclic) bond motifs is 2. The third-order valence-corrected chi connectivity index (χ3v) is 5.37. The fourth-order valence-electron chi connectivity index (χ4n) is 3.70. The summed E-state index contributed by atoms with van der Waals surface area (Å²) in [6, 6.07) is 7.55. The zero-order valence-corrected chi connectivity index (χ0v) is 15.5. The number of amides is 1. The fraction of sp³-hybridized carbons (Fsp3) is 0.381. The Kier molecular flexibility index (Phi) is 4.02. The van der Waals surface area contributed by atoms with Crippen LogP contribution in [0.5, 0.6) is 0 Å². The maximum atomic E-state index is 12.5. The number of aromatic nitrogens is 3. The summed E-state index contributed by atoms with van der Waals surface area (Å²) < 4.78 is 0. The Hall–Kier alpha value is -2.69. The van der Waals surface area contributed by atoms with Crippen LogP contribution >= 0.6 is 0 Å². The van der Waals surface area contributed by atoms with Gasteiger partial charge in [0.15, 0.2) is 0 Å². The smallest absolute Gasteiger partial charge is 0.272 e. The lowest BCUT2D eigenvalue weighted by molar-refractivity contribution is 0.102. The van der Waals surface area contributed by atoms with Gasteiger partial charge in [0.25, 0.3) is 5.91 Å². The molecular formula is C21H24N4O. The van der Waals surface area contributed by atoms with E-state index in [4.69, 9.17) is 4.98 Å². The lowest BCUT2D eigenvalue weighted by atomic mass is 9.71. The van der Waals surface area contributed by atoms with Gasteiger partial charge in [-0.25, -0.2) is 0 Å². The summed E-state index contributed by atoms with van der Waals surface area (Å²) in [4.78, 5) is 24.5. The summed E-state index contributed by atoms with van der Waals surface area (Å²) in [7, 11) is 0. The first-order valence-corrected chi connectivity index (χ1v) is 9.13. The Morgan fingerprint density at radius 3 is 2.73 bits per heavy atom. The highest BCUT2D eigenvalue weighted by molar-refractivity contribution is 6.05. The molecule has 0 fully saturated rings. The van der Waals surface area contributed by atoms with E-state index < -0.39 is 0 Å². The molecule has 3 aromatic rings. The van der Waals surface area contributed by atoms with Crippen molar-refractivity contribution in [1.29, 1.82) is 0 Å². The topological polar surface area (TPSA) is 70.7 Å². The SMILES string of the molecule is CC(C)(C)C1CCc2nc3cc(C(=O)Nc4ccncc4)[nH]c3cc2C1. The molecule has 3 heterocycles. The average molecular weight is 348 g/mol. The van der Waals surface area contributed by atoms with Gasteiger partial charge in [-0.2, -0.15) is 0 Å². The number of carbonyl (C=O) groups excluding carboxylic acids is 1. The monoisotopic (exact) mass is 348 g/mol. The standard InChI is InChI=1S/C21H24N4O/c1-21(2,3)14-4-5-16-13(10-14)11-17-18(24-16)12-19(25-17)20(26)23-15-6-8-22-9-7-15/h6-9,11-12,14,25H,4-5,10H2,1-3H3,(H,22,23,26). The highest BCUT2D eigenvalue weighted by Crippen LogP contribution is 2.37. The molecule has 1 atom stereocenters. The molecule has 0 spiro atoms. The predicted molar refractivity (Wildman–Crippen MR) is 103 cm³/mol. The van der Waals surface area contributed by atoms with Crippen LogP contribution in [-0.2, 0) is 12.8 Å². The third kappa shape index (κ3) is 3.21. The molecule has 0 aromatic carbocycles. The molecule has 134 valence electrons. The Labute approximate surface area is 153 Å². The first-order chi connectivity index (χ1) is 12.4. The van der Waals surface area contributed by atoms with Gasteiger partial charge in [0.05, 0.1) is 11.0 Å². The van der Waals surface area contributed by atoms with Crippen molar-refractivity contribution in [3.8, 4) is 0 Å². The van der Waals surface area contributed by atoms with E-state index in [0.717, 1.165) is 29.6 Å². The van der Waals surface area contributed by atoms with Crippen LogP contribution in [-0.4, -0.2) is 20.9 Å². The van der Waals surface area contributed by atoms with Gasteiger partial charge in [0.1, 0.15) is 5.69 Å². The minimum Gasteiger partial charge on any atom is -0.349 e. The molecule has 0 bridgehead atoms. The number of aryl methyl sites for hydroxylation is 1. The number of hydrogen-bond donors (Lipinski definition) is 2. The van der Waals surface area contributed by atoms with Crippen molar-refractivity contribution in [2.75, 3.05) is 5.32 Å². The first kappa shape index (κ1) is 16.8. The quantitative estimate of drug-likeness (QED) is 0.723. The molecule has 0 saturated heterocycles. The van der Waals surface area contributed by atoms with Crippen LogP contribution in [0, 0.1) is 11.3 Å². The largest absolute Gasteiger partial charge is 0.349 e. The van der Waals surface area contributed by atoms with E-state index in [-0.39, 0.29) is 5.91 Å². The van der Waals surface area contributed by atoms with Gasteiger partial charge in [-0.1, -0.05) is 20.8 Å². The van der Waals surface area contributed by atoms with Gasteiger partial charge in [0, 0.05) is 23.8 Å². The number of H-pyrrole nitrogens is 1. The second kappa shape index (κ2) is 6.24. The number of aromatic amines is 1. The number of anilines is 1. The molecule has 26 heavy (non-hydrogen) atoms. The molecule has 0 radical (unpaired) electrons. The van der Waals surface area contributed by atoms with E-state index in [9.17, 15) is 4.79 Å². The molecule has 1 unspecified atom stereocenters. The molecule has 1 aliphatic rings. The first-order valence-electron chi connectivity index (χ1n) is 9.13. The van der Waals surface area contributed by atoms with Crippen LogP contribution in [0.2, 0.25) is 0 Å². The molecule has 2 N–H and O–H groups in total. The summed E-state index contributed by atoms with van der Waals surface area (Å²) in [5.74, 6) is 0.499. The lowest BCUT2D eigenvalue weighted by Crippen LogP contribution is -2.27. The molecule has 5 heteroatoms. The van der Waals surface area contributed by atoms with Crippen molar-refractivity contribution in [3.63, 3.8) is 0 Å². The highest BCUT2D eigenvalue weighted by Gasteiger charge is 2.29. The molecule has 1 aliphatic carbocycles. The Bertz CT molecular complexity index is 953. The molecular weight excluding hydrogens is 324 g/mol. The van der Waals surface area contributed by atoms with Gasteiger partial charge in [0.2, 0.25) is 0 Å². The Morgan fingerprint density at radius 1 is 1.23 bits per heavy atom. The van der Waals surface area contributed by atoms with Crippen LogP contribution in [0.4, 0.5) is 5.69 Å². The van der Waals surface area contributed by atoms with Gasteiger partial charge < -0.3 is 10.3 Å². The van der Waals surface area contributed by atoms with Crippen molar-refractivity contribution >= 4 is 22.6 Å². The molecule has 4 rings (SSSR count). The number of nitrogens with zero attached hydrogens (tertiary/aromatic N) is 2. The number of nitrogens with one attached hydrogen (secondary N) is 2. The zero-order chi connectivity index (χ0) is 18.3. The minimum atomic E-state index is -0.167. The predicted octanol–water partition coefficient (Wildman–Crippen LogP) is 4.36. The number of carbonyl (C=O) groups is 1. The van der Waals surface area contributed by atoms with Crippen LogP contribution in [0.15, 0.2) is 36.7 Å². The van der Waals surface area contributed by atoms with Gasteiger partial charge in [-0.15, -0.1) is 0 Å². The summed E-state index contributed by atoms with van der Waals surface area (Å²) in [5.41, 5.74) is 5.83. The van der Waals surface area contributed by atoms with Crippen molar-refractivity contribution in [1.82, 2.24) is 15.0 Å². The number of hydrogen-bond acceptors (Lipinski definition) is 3. The second-order valence-electron chi connectivity index (χ2n) is 8.21. The maximum absolute atomic E-state index is 12.5. The molecule has 5 nitrogen and oxygen atoms in total. The summed E-state index contributed by atoms with van der Waals surface area (Å²) >= 11 is 0. The normalized spacial score (nSPS) is 17.1. The van der Waals surface area contributed by atoms with Crippen molar-refractivity contribution in [3.05, 3.63) is 53.6 Å². The maximum Gasteiger partial charge on any atom is 0.272 e. The molecule has 1 amide bonds. The van der Waals surface area contributed by atoms with Crippen molar-refractivity contribution < 1.29 is 4.79 Å². The molecule has 0 aliphatic heterocycles. The second-order valence-corrected chi connectivity index (χ2v) is 8.21. The minimum absolute atomic E-state index is 0.167. The zero-order valence-electron chi connectivity index (χ0n) is 15.5. The Balaban J connectivity index is 1.61. The van der Waals surface area contributed by atoms with E-state index in [1.54, 1.807) is 24.5 Å². The third-order valence-electron chi connectivity index (χ3n) is 5.37. The summed E-state index contributed by atoms with van der Waals surface area (Å²) in [6.45, 7) is 6.93. The van der Waals surface area contributed by atoms with E-state index in [0.29, 0.717) is 17.0 Å². The lowest BCUT2D eigenvalue weighted by Gasteiger charge is -2.34.